The minimum atomic E-state index is 0.260. The van der Waals surface area contributed by atoms with Gasteiger partial charge in [-0.25, -0.2) is 0 Å². The lowest BCUT2D eigenvalue weighted by molar-refractivity contribution is 0.370. The van der Waals surface area contributed by atoms with Crippen LogP contribution < -0.4 is 4.74 Å². The van der Waals surface area contributed by atoms with Gasteiger partial charge < -0.3 is 4.74 Å². The molecule has 0 aliphatic rings. The van der Waals surface area contributed by atoms with Gasteiger partial charge in [0.2, 0.25) is 0 Å². The summed E-state index contributed by atoms with van der Waals surface area (Å²) in [6, 6.07) is 7.25. The third-order valence-electron chi connectivity index (χ3n) is 1.56. The smallest absolute Gasteiger partial charge is 0.148 e. The van der Waals surface area contributed by atoms with Crippen molar-refractivity contribution < 1.29 is 4.74 Å². The number of benzene rings is 1. The largest absolute Gasteiger partial charge is 0.481 e. The number of rotatable bonds is 4. The molecule has 0 aliphatic heterocycles. The van der Waals surface area contributed by atoms with Crippen molar-refractivity contribution in [2.24, 2.45) is 5.11 Å². The molecular formula is C10H9N3O. The molecule has 0 saturated carbocycles. The van der Waals surface area contributed by atoms with Gasteiger partial charge in [0.1, 0.15) is 12.4 Å². The lowest BCUT2D eigenvalue weighted by atomic mass is 10.2. The summed E-state index contributed by atoms with van der Waals surface area (Å²) in [4.78, 5) is 2.67. The Morgan fingerprint density at radius 3 is 2.71 bits per heavy atom. The highest BCUT2D eigenvalue weighted by molar-refractivity contribution is 5.27. The van der Waals surface area contributed by atoms with Gasteiger partial charge in [0.15, 0.2) is 0 Å². The molecule has 4 nitrogen and oxygen atoms in total. The molecule has 0 radical (unpaired) electrons. The van der Waals surface area contributed by atoms with Gasteiger partial charge in [-0.15, -0.1) is 6.42 Å². The van der Waals surface area contributed by atoms with Crippen LogP contribution in [0.4, 0.5) is 0 Å². The summed E-state index contributed by atoms with van der Waals surface area (Å²) >= 11 is 0. The number of terminal acetylenes is 1. The first-order chi connectivity index (χ1) is 6.86. The first kappa shape index (κ1) is 9.97. The number of azide groups is 1. The first-order valence-corrected chi connectivity index (χ1v) is 4.03. The molecule has 0 fully saturated rings. The summed E-state index contributed by atoms with van der Waals surface area (Å²) in [5.41, 5.74) is 9.05. The summed E-state index contributed by atoms with van der Waals surface area (Å²) in [7, 11) is 0. The maximum Gasteiger partial charge on any atom is 0.148 e. The fourth-order valence-electron chi connectivity index (χ4n) is 0.929. The molecule has 1 rings (SSSR count). The number of hydrogen-bond donors (Lipinski definition) is 0. The molecule has 0 N–H and O–H groups in total. The zero-order valence-corrected chi connectivity index (χ0v) is 7.55. The van der Waals surface area contributed by atoms with E-state index < -0.39 is 0 Å². The van der Waals surface area contributed by atoms with Gasteiger partial charge in [0.25, 0.3) is 0 Å². The predicted molar refractivity (Wildman–Crippen MR) is 53.6 cm³/mol. The van der Waals surface area contributed by atoms with E-state index in [1.807, 2.05) is 12.1 Å². The van der Waals surface area contributed by atoms with Crippen molar-refractivity contribution in [1.29, 1.82) is 0 Å². The van der Waals surface area contributed by atoms with Crippen molar-refractivity contribution in [1.82, 2.24) is 0 Å². The molecule has 1 aromatic rings. The number of nitrogens with zero attached hydrogens (tertiary/aromatic N) is 3. The fraction of sp³-hybridized carbons (Fsp3) is 0.200. The Balaban J connectivity index is 2.59. The Bertz CT molecular complexity index is 371. The van der Waals surface area contributed by atoms with E-state index in [1.165, 1.54) is 0 Å². The minimum absolute atomic E-state index is 0.260. The lowest BCUT2D eigenvalue weighted by Gasteiger charge is -2.02. The van der Waals surface area contributed by atoms with Crippen LogP contribution >= 0.6 is 0 Å². The maximum atomic E-state index is 8.11. The molecule has 0 heterocycles. The highest BCUT2D eigenvalue weighted by atomic mass is 16.5. The van der Waals surface area contributed by atoms with Crippen LogP contribution in [0.2, 0.25) is 0 Å². The Labute approximate surface area is 82.1 Å². The van der Waals surface area contributed by atoms with E-state index in [1.54, 1.807) is 12.1 Å². The van der Waals surface area contributed by atoms with Crippen molar-refractivity contribution in [3.05, 3.63) is 40.3 Å². The van der Waals surface area contributed by atoms with Crippen LogP contribution in [-0.4, -0.2) is 6.61 Å². The van der Waals surface area contributed by atoms with Gasteiger partial charge in [-0.05, 0) is 23.2 Å². The van der Waals surface area contributed by atoms with Gasteiger partial charge >= 0.3 is 0 Å². The van der Waals surface area contributed by atoms with Crippen molar-refractivity contribution in [2.75, 3.05) is 6.61 Å². The lowest BCUT2D eigenvalue weighted by Crippen LogP contribution is -1.93. The van der Waals surface area contributed by atoms with Gasteiger partial charge in [-0.1, -0.05) is 23.2 Å². The second-order valence-electron chi connectivity index (χ2n) is 2.53. The SMILES string of the molecule is C#CCOc1ccc(CN=[N+]=[N-])cc1. The predicted octanol–water partition coefficient (Wildman–Crippen LogP) is 2.51. The molecule has 70 valence electrons. The van der Waals surface area contributed by atoms with Gasteiger partial charge in [0.05, 0.1) is 6.54 Å². The quantitative estimate of drug-likeness (QED) is 0.309. The molecule has 1 aromatic carbocycles. The van der Waals surface area contributed by atoms with Crippen LogP contribution in [-0.2, 0) is 6.54 Å². The molecular weight excluding hydrogens is 178 g/mol. The van der Waals surface area contributed by atoms with Crippen LogP contribution in [0, 0.1) is 12.3 Å². The summed E-state index contributed by atoms with van der Waals surface area (Å²) in [6.45, 7) is 0.613. The molecule has 0 bridgehead atoms. The highest BCUT2D eigenvalue weighted by Gasteiger charge is 1.93. The number of hydrogen-bond acceptors (Lipinski definition) is 2. The van der Waals surface area contributed by atoms with Crippen LogP contribution in [0.3, 0.4) is 0 Å². The summed E-state index contributed by atoms with van der Waals surface area (Å²) < 4.78 is 5.18. The molecule has 0 atom stereocenters. The van der Waals surface area contributed by atoms with Crippen LogP contribution in [0.5, 0.6) is 5.75 Å². The first-order valence-electron chi connectivity index (χ1n) is 4.03. The van der Waals surface area contributed by atoms with E-state index in [9.17, 15) is 0 Å². The molecule has 0 amide bonds. The summed E-state index contributed by atoms with van der Waals surface area (Å²) in [6.07, 6.45) is 5.04. The Morgan fingerprint density at radius 2 is 2.14 bits per heavy atom. The third kappa shape index (κ3) is 3.10. The minimum Gasteiger partial charge on any atom is -0.481 e. The third-order valence-corrected chi connectivity index (χ3v) is 1.56. The van der Waals surface area contributed by atoms with E-state index in [4.69, 9.17) is 16.7 Å². The Morgan fingerprint density at radius 1 is 1.43 bits per heavy atom. The molecule has 0 spiro atoms. The van der Waals surface area contributed by atoms with Gasteiger partial charge in [0, 0.05) is 4.91 Å². The van der Waals surface area contributed by atoms with E-state index in [-0.39, 0.29) is 6.61 Å². The van der Waals surface area contributed by atoms with Crippen LogP contribution in [0.15, 0.2) is 29.4 Å². The van der Waals surface area contributed by atoms with Crippen LogP contribution in [0.25, 0.3) is 10.4 Å². The second-order valence-corrected chi connectivity index (χ2v) is 2.53. The van der Waals surface area contributed by atoms with Crippen molar-refractivity contribution >= 4 is 0 Å². The van der Waals surface area contributed by atoms with E-state index in [0.29, 0.717) is 12.3 Å². The Hall–Kier alpha value is -2.11. The average Bonchev–Trinajstić information content (AvgIpc) is 2.25. The molecule has 4 heteroatoms. The fourth-order valence-corrected chi connectivity index (χ4v) is 0.929. The van der Waals surface area contributed by atoms with Crippen molar-refractivity contribution in [3.8, 4) is 18.1 Å². The van der Waals surface area contributed by atoms with Gasteiger partial charge in [-0.3, -0.25) is 0 Å². The van der Waals surface area contributed by atoms with Gasteiger partial charge in [-0.2, -0.15) is 0 Å². The second kappa shape index (κ2) is 5.52. The molecule has 0 unspecified atom stereocenters. The van der Waals surface area contributed by atoms with E-state index >= 15 is 0 Å². The Kier molecular flexibility index (Phi) is 3.93. The number of ether oxygens (including phenoxy) is 1. The standard InChI is InChI=1S/C10H9N3O/c1-2-7-14-10-5-3-9(4-6-10)8-12-13-11/h1,3-6H,7-8H2. The monoisotopic (exact) mass is 187 g/mol. The summed E-state index contributed by atoms with van der Waals surface area (Å²) in [5, 5.41) is 3.44. The van der Waals surface area contributed by atoms with E-state index in [2.05, 4.69) is 15.9 Å². The maximum absolute atomic E-state index is 8.11. The molecule has 0 aromatic heterocycles. The zero-order valence-electron chi connectivity index (χ0n) is 7.55. The zero-order chi connectivity index (χ0) is 10.2. The van der Waals surface area contributed by atoms with Crippen molar-refractivity contribution in [3.63, 3.8) is 0 Å². The normalized spacial score (nSPS) is 8.50. The summed E-state index contributed by atoms with van der Waals surface area (Å²) in [5.74, 6) is 3.09. The average molecular weight is 187 g/mol. The highest BCUT2D eigenvalue weighted by Crippen LogP contribution is 2.12. The molecule has 14 heavy (non-hydrogen) atoms. The molecule has 0 saturated heterocycles. The van der Waals surface area contributed by atoms with E-state index in [0.717, 1.165) is 5.56 Å². The van der Waals surface area contributed by atoms with Crippen LogP contribution in [0.1, 0.15) is 5.56 Å². The molecule has 0 aliphatic carbocycles. The topological polar surface area (TPSA) is 58.0 Å². The van der Waals surface area contributed by atoms with Crippen molar-refractivity contribution in [2.45, 2.75) is 6.54 Å².